The normalized spacial score (nSPS) is 12.7. The fourth-order valence-electron chi connectivity index (χ4n) is 1.42. The highest BCUT2D eigenvalue weighted by Gasteiger charge is 2.10. The second kappa shape index (κ2) is 5.67. The van der Waals surface area contributed by atoms with Crippen molar-refractivity contribution in [2.24, 2.45) is 0 Å². The number of rotatable bonds is 3. The fraction of sp³-hybridized carbons (Fsp3) is 0.167. The quantitative estimate of drug-likeness (QED) is 0.587. The van der Waals surface area contributed by atoms with Crippen molar-refractivity contribution in [1.82, 2.24) is 0 Å². The maximum atomic E-state index is 5.85. The first-order chi connectivity index (χ1) is 7.65. The molecule has 84 valence electrons. The summed E-state index contributed by atoms with van der Waals surface area (Å²) in [6.45, 7) is 0. The molecular formula is C12H9Br2ClS. The zero-order chi connectivity index (χ0) is 11.5. The summed E-state index contributed by atoms with van der Waals surface area (Å²) in [4.78, 5) is 1.70. The van der Waals surface area contributed by atoms with E-state index in [-0.39, 0.29) is 0 Å². The fourth-order valence-corrected chi connectivity index (χ4v) is 3.76. The third-order valence-electron chi connectivity index (χ3n) is 2.23. The molecule has 1 aromatic heterocycles. The molecular weight excluding hydrogens is 371 g/mol. The maximum Gasteiger partial charge on any atom is 0.0701 e. The van der Waals surface area contributed by atoms with Gasteiger partial charge in [-0.15, -0.1) is 11.3 Å². The van der Waals surface area contributed by atoms with Crippen LogP contribution in [-0.4, -0.2) is 0 Å². The van der Waals surface area contributed by atoms with E-state index in [1.165, 1.54) is 14.2 Å². The lowest BCUT2D eigenvalue weighted by atomic mass is 10.1. The molecule has 4 heteroatoms. The van der Waals surface area contributed by atoms with Crippen molar-refractivity contribution in [3.8, 4) is 0 Å². The highest BCUT2D eigenvalue weighted by molar-refractivity contribution is 9.11. The van der Waals surface area contributed by atoms with E-state index in [1.807, 2.05) is 12.1 Å². The number of halogens is 3. The van der Waals surface area contributed by atoms with E-state index in [0.717, 1.165) is 11.4 Å². The van der Waals surface area contributed by atoms with Gasteiger partial charge in [0.15, 0.2) is 0 Å². The monoisotopic (exact) mass is 378 g/mol. The van der Waals surface area contributed by atoms with Gasteiger partial charge in [0.2, 0.25) is 0 Å². The summed E-state index contributed by atoms with van der Waals surface area (Å²) < 4.78 is 1.17. The van der Waals surface area contributed by atoms with Crippen LogP contribution in [0.4, 0.5) is 0 Å². The lowest BCUT2D eigenvalue weighted by Crippen LogP contribution is -1.92. The molecule has 0 saturated heterocycles. The van der Waals surface area contributed by atoms with Crippen LogP contribution in [0.2, 0.25) is 5.02 Å². The van der Waals surface area contributed by atoms with E-state index in [4.69, 9.17) is 11.6 Å². The van der Waals surface area contributed by atoms with Crippen molar-refractivity contribution in [2.75, 3.05) is 0 Å². The maximum absolute atomic E-state index is 5.85. The topological polar surface area (TPSA) is 0 Å². The minimum atomic E-state index is 0.366. The standard InChI is InChI=1S/C12H9Br2ClS/c13-10(11-5-6-12(14)16-11)7-8-1-3-9(15)4-2-8/h1-6,10H,7H2. The molecule has 0 aliphatic carbocycles. The summed E-state index contributed by atoms with van der Waals surface area (Å²) in [5, 5.41) is 0.786. The van der Waals surface area contributed by atoms with Gasteiger partial charge in [0.25, 0.3) is 0 Å². The van der Waals surface area contributed by atoms with Gasteiger partial charge in [-0.05, 0) is 52.2 Å². The van der Waals surface area contributed by atoms with Gasteiger partial charge in [-0.25, -0.2) is 0 Å². The summed E-state index contributed by atoms with van der Waals surface area (Å²) in [5.74, 6) is 0. The van der Waals surface area contributed by atoms with Crippen molar-refractivity contribution in [3.63, 3.8) is 0 Å². The average Bonchev–Trinajstić information content (AvgIpc) is 2.68. The molecule has 0 spiro atoms. The molecule has 0 radical (unpaired) electrons. The van der Waals surface area contributed by atoms with Gasteiger partial charge < -0.3 is 0 Å². The molecule has 0 aliphatic heterocycles. The van der Waals surface area contributed by atoms with Gasteiger partial charge in [0.1, 0.15) is 0 Å². The predicted octanol–water partition coefficient (Wildman–Crippen LogP) is 5.84. The number of hydrogen-bond acceptors (Lipinski definition) is 1. The Balaban J connectivity index is 2.07. The Labute approximate surface area is 121 Å². The Morgan fingerprint density at radius 3 is 2.38 bits per heavy atom. The molecule has 0 nitrogen and oxygen atoms in total. The predicted molar refractivity (Wildman–Crippen MR) is 78.8 cm³/mol. The van der Waals surface area contributed by atoms with Crippen LogP contribution in [0.5, 0.6) is 0 Å². The summed E-state index contributed by atoms with van der Waals surface area (Å²) in [6, 6.07) is 12.2. The van der Waals surface area contributed by atoms with E-state index >= 15 is 0 Å². The first-order valence-electron chi connectivity index (χ1n) is 4.79. The van der Waals surface area contributed by atoms with Crippen LogP contribution in [-0.2, 0) is 6.42 Å². The first kappa shape index (κ1) is 12.6. The Hall–Kier alpha value is 0.170. The molecule has 0 fully saturated rings. The van der Waals surface area contributed by atoms with Crippen LogP contribution in [0, 0.1) is 0 Å². The van der Waals surface area contributed by atoms with E-state index in [9.17, 15) is 0 Å². The van der Waals surface area contributed by atoms with Crippen molar-refractivity contribution in [3.05, 3.63) is 55.6 Å². The van der Waals surface area contributed by atoms with Gasteiger partial charge >= 0.3 is 0 Å². The summed E-state index contributed by atoms with van der Waals surface area (Å²) in [5.41, 5.74) is 1.29. The molecule has 1 atom stereocenters. The Morgan fingerprint density at radius 1 is 1.12 bits per heavy atom. The zero-order valence-corrected chi connectivity index (χ0v) is 13.0. The highest BCUT2D eigenvalue weighted by Crippen LogP contribution is 2.34. The number of hydrogen-bond donors (Lipinski definition) is 0. The Bertz CT molecular complexity index is 464. The van der Waals surface area contributed by atoms with E-state index in [1.54, 1.807) is 11.3 Å². The van der Waals surface area contributed by atoms with Crippen LogP contribution >= 0.6 is 54.8 Å². The molecule has 0 N–H and O–H groups in total. The second-order valence-corrected chi connectivity index (χ2v) is 7.48. The lowest BCUT2D eigenvalue weighted by molar-refractivity contribution is 0.970. The molecule has 0 aliphatic rings. The largest absolute Gasteiger partial charge is 0.132 e. The SMILES string of the molecule is Clc1ccc(CC(Br)c2ccc(Br)s2)cc1. The molecule has 16 heavy (non-hydrogen) atoms. The molecule has 2 rings (SSSR count). The van der Waals surface area contributed by atoms with Crippen LogP contribution in [0.25, 0.3) is 0 Å². The minimum absolute atomic E-state index is 0.366. The van der Waals surface area contributed by atoms with Gasteiger partial charge in [-0.3, -0.25) is 0 Å². The van der Waals surface area contributed by atoms with Gasteiger partial charge in [0, 0.05) is 9.90 Å². The second-order valence-electron chi connectivity index (χ2n) is 3.44. The van der Waals surface area contributed by atoms with Gasteiger partial charge in [-0.2, -0.15) is 0 Å². The Morgan fingerprint density at radius 2 is 1.81 bits per heavy atom. The van der Waals surface area contributed by atoms with E-state index in [2.05, 4.69) is 56.1 Å². The van der Waals surface area contributed by atoms with Gasteiger partial charge in [-0.1, -0.05) is 39.7 Å². The van der Waals surface area contributed by atoms with Crippen LogP contribution in [0.15, 0.2) is 40.2 Å². The number of thiophene rings is 1. The van der Waals surface area contributed by atoms with Crippen molar-refractivity contribution in [2.45, 2.75) is 11.2 Å². The molecule has 0 bridgehead atoms. The summed E-state index contributed by atoms with van der Waals surface area (Å²) >= 11 is 14.8. The van der Waals surface area contributed by atoms with E-state index in [0.29, 0.717) is 4.83 Å². The first-order valence-corrected chi connectivity index (χ1v) is 7.69. The molecule has 1 aromatic carbocycles. The molecule has 1 unspecified atom stereocenters. The van der Waals surface area contributed by atoms with Crippen molar-refractivity contribution in [1.29, 1.82) is 0 Å². The van der Waals surface area contributed by atoms with Crippen LogP contribution in [0.1, 0.15) is 15.3 Å². The molecule has 0 amide bonds. The van der Waals surface area contributed by atoms with Crippen LogP contribution < -0.4 is 0 Å². The third-order valence-corrected chi connectivity index (χ3v) is 5.34. The molecule has 0 saturated carbocycles. The summed E-state index contributed by atoms with van der Waals surface area (Å²) in [6.07, 6.45) is 0.976. The van der Waals surface area contributed by atoms with Crippen molar-refractivity contribution < 1.29 is 0 Å². The highest BCUT2D eigenvalue weighted by atomic mass is 79.9. The van der Waals surface area contributed by atoms with Crippen molar-refractivity contribution >= 4 is 54.8 Å². The smallest absolute Gasteiger partial charge is 0.0701 e. The zero-order valence-electron chi connectivity index (χ0n) is 8.29. The van der Waals surface area contributed by atoms with Crippen LogP contribution in [0.3, 0.4) is 0 Å². The van der Waals surface area contributed by atoms with E-state index < -0.39 is 0 Å². The van der Waals surface area contributed by atoms with Gasteiger partial charge in [0.05, 0.1) is 8.61 Å². The number of benzene rings is 1. The average molecular weight is 381 g/mol. The third kappa shape index (κ3) is 3.33. The minimum Gasteiger partial charge on any atom is -0.132 e. The lowest BCUT2D eigenvalue weighted by Gasteiger charge is -2.07. The number of alkyl halides is 1. The summed E-state index contributed by atoms with van der Waals surface area (Å²) in [7, 11) is 0. The Kier molecular flexibility index (Phi) is 4.48. The molecule has 2 aromatic rings. The molecule has 1 heterocycles.